The quantitative estimate of drug-likeness (QED) is 0.246. The van der Waals surface area contributed by atoms with Gasteiger partial charge in [-0.05, 0) is 41.8 Å². The number of hydrogen-bond donors (Lipinski definition) is 3. The Hall–Kier alpha value is -1.88. The first-order valence-electron chi connectivity index (χ1n) is 9.75. The van der Waals surface area contributed by atoms with Crippen molar-refractivity contribution in [2.75, 3.05) is 11.9 Å². The summed E-state index contributed by atoms with van der Waals surface area (Å²) in [6.45, 7) is 0.0617. The summed E-state index contributed by atoms with van der Waals surface area (Å²) >= 11 is 17.3. The summed E-state index contributed by atoms with van der Waals surface area (Å²) in [5.41, 5.74) is -6.08. The molecule has 13 heteroatoms. The first-order chi connectivity index (χ1) is 15.6. The van der Waals surface area contributed by atoms with Gasteiger partial charge in [0.1, 0.15) is 0 Å². The van der Waals surface area contributed by atoms with Crippen LogP contribution in [0.1, 0.15) is 36.5 Å². The summed E-state index contributed by atoms with van der Waals surface area (Å²) in [5.74, 6) is -0.437. The lowest BCUT2D eigenvalue weighted by Crippen LogP contribution is -2.47. The van der Waals surface area contributed by atoms with E-state index in [-0.39, 0.29) is 32.7 Å². The molecule has 0 saturated heterocycles. The van der Waals surface area contributed by atoms with Gasteiger partial charge in [0.05, 0.1) is 27.2 Å². The lowest BCUT2D eigenvalue weighted by molar-refractivity contribution is -0.260. The molecule has 0 radical (unpaired) electrons. The molecule has 3 N–H and O–H groups in total. The van der Waals surface area contributed by atoms with Crippen molar-refractivity contribution < 1.29 is 36.2 Å². The molecule has 0 heterocycles. The van der Waals surface area contributed by atoms with Gasteiger partial charge in [0.15, 0.2) is 0 Å². The molecule has 2 rings (SSSR count). The number of halogens is 9. The molecule has 0 aliphatic rings. The molecule has 0 spiro atoms. The van der Waals surface area contributed by atoms with Crippen LogP contribution in [0.4, 0.5) is 32.0 Å². The van der Waals surface area contributed by atoms with Gasteiger partial charge in [-0.25, -0.2) is 0 Å². The summed E-state index contributed by atoms with van der Waals surface area (Å²) in [7, 11) is 0. The number of carbonyl (C=O) groups excluding carboxylic acids is 1. The average molecular weight is 552 g/mol. The summed E-state index contributed by atoms with van der Waals surface area (Å²) in [6, 6.07) is 4.28. The maximum absolute atomic E-state index is 13.8. The minimum absolute atomic E-state index is 0.135. The van der Waals surface area contributed by atoms with E-state index in [1.807, 2.05) is 0 Å². The van der Waals surface area contributed by atoms with E-state index in [4.69, 9.17) is 34.8 Å². The molecule has 2 aromatic carbocycles. The maximum Gasteiger partial charge on any atom is 0.423 e. The third-order valence-electron chi connectivity index (χ3n) is 4.85. The van der Waals surface area contributed by atoms with Crippen molar-refractivity contribution in [3.8, 4) is 0 Å². The minimum atomic E-state index is -5.25. The van der Waals surface area contributed by atoms with Crippen LogP contribution in [-0.4, -0.2) is 23.7 Å². The Morgan fingerprint density at radius 1 is 1.00 bits per heavy atom. The summed E-state index contributed by atoms with van der Waals surface area (Å²) in [6.07, 6.45) is -9.46. The van der Waals surface area contributed by atoms with E-state index < -0.39 is 48.1 Å². The largest absolute Gasteiger partial charge is 0.423 e. The van der Waals surface area contributed by atoms with Gasteiger partial charge in [-0.15, -0.1) is 0 Å². The topological polar surface area (TPSA) is 61.4 Å². The first kappa shape index (κ1) is 28.4. The van der Waals surface area contributed by atoms with E-state index in [2.05, 4.69) is 10.6 Å². The van der Waals surface area contributed by atoms with Crippen LogP contribution in [0.2, 0.25) is 15.1 Å². The zero-order valence-electron chi connectivity index (χ0n) is 17.5. The summed E-state index contributed by atoms with van der Waals surface area (Å²) in [5, 5.41) is 14.1. The lowest BCUT2D eigenvalue weighted by atomic mass is 9.92. The third-order valence-corrected chi connectivity index (χ3v) is 6.04. The molecular formula is C21H19Cl3F6N2O2. The number of rotatable bonds is 8. The van der Waals surface area contributed by atoms with Crippen LogP contribution in [-0.2, 0) is 23.1 Å². The van der Waals surface area contributed by atoms with Gasteiger partial charge in [-0.3, -0.25) is 4.79 Å². The molecule has 0 aliphatic heterocycles. The molecule has 0 unspecified atom stereocenters. The second kappa shape index (κ2) is 10.8. The van der Waals surface area contributed by atoms with Gasteiger partial charge in [0.2, 0.25) is 11.5 Å². The molecule has 0 saturated carbocycles. The van der Waals surface area contributed by atoms with Crippen molar-refractivity contribution in [3.05, 3.63) is 62.1 Å². The van der Waals surface area contributed by atoms with E-state index in [0.717, 1.165) is 24.3 Å². The predicted molar refractivity (Wildman–Crippen MR) is 118 cm³/mol. The normalized spacial score (nSPS) is 14.0. The SMILES string of the molecule is CCCC(=O)NCc1ccc(NC[C@@](O)(c2cc(Cl)c(Cl)c(Cl)c2)C(F)(F)F)cc1C(F)(F)F. The second-order valence-electron chi connectivity index (χ2n) is 7.36. The van der Waals surface area contributed by atoms with Crippen molar-refractivity contribution in [3.63, 3.8) is 0 Å². The highest BCUT2D eigenvalue weighted by Crippen LogP contribution is 2.43. The Labute approximate surface area is 206 Å². The summed E-state index contributed by atoms with van der Waals surface area (Å²) in [4.78, 5) is 11.6. The van der Waals surface area contributed by atoms with Crippen molar-refractivity contribution in [2.45, 2.75) is 44.3 Å². The zero-order chi connectivity index (χ0) is 25.9. The fourth-order valence-corrected chi connectivity index (χ4v) is 3.60. The van der Waals surface area contributed by atoms with Crippen molar-refractivity contribution in [1.82, 2.24) is 5.32 Å². The maximum atomic E-state index is 13.8. The molecule has 1 amide bonds. The molecule has 34 heavy (non-hydrogen) atoms. The molecule has 1 atom stereocenters. The van der Waals surface area contributed by atoms with E-state index in [1.165, 1.54) is 0 Å². The Kier molecular flexibility index (Phi) is 9.01. The number of anilines is 1. The van der Waals surface area contributed by atoms with Crippen LogP contribution < -0.4 is 10.6 Å². The van der Waals surface area contributed by atoms with E-state index in [9.17, 15) is 36.2 Å². The molecule has 0 aliphatic carbocycles. The summed E-state index contributed by atoms with van der Waals surface area (Å²) < 4.78 is 82.0. The Bertz CT molecular complexity index is 1020. The van der Waals surface area contributed by atoms with Crippen LogP contribution in [0.5, 0.6) is 0 Å². The van der Waals surface area contributed by atoms with Crippen LogP contribution >= 0.6 is 34.8 Å². The number of benzene rings is 2. The van der Waals surface area contributed by atoms with Gasteiger partial charge in [-0.2, -0.15) is 26.3 Å². The number of hydrogen-bond acceptors (Lipinski definition) is 3. The van der Waals surface area contributed by atoms with Crippen LogP contribution in [0.25, 0.3) is 0 Å². The highest BCUT2D eigenvalue weighted by molar-refractivity contribution is 6.48. The smallest absolute Gasteiger partial charge is 0.381 e. The van der Waals surface area contributed by atoms with Crippen LogP contribution in [0.3, 0.4) is 0 Å². The molecule has 2 aromatic rings. The number of nitrogens with one attached hydrogen (secondary N) is 2. The van der Waals surface area contributed by atoms with Crippen molar-refractivity contribution >= 4 is 46.4 Å². The van der Waals surface area contributed by atoms with Crippen LogP contribution in [0.15, 0.2) is 30.3 Å². The lowest BCUT2D eigenvalue weighted by Gasteiger charge is -2.32. The number of alkyl halides is 6. The fourth-order valence-electron chi connectivity index (χ4n) is 3.00. The number of carbonyl (C=O) groups is 1. The van der Waals surface area contributed by atoms with Gasteiger partial charge in [0.25, 0.3) is 0 Å². The molecule has 4 nitrogen and oxygen atoms in total. The highest BCUT2D eigenvalue weighted by Gasteiger charge is 2.55. The van der Waals surface area contributed by atoms with Crippen molar-refractivity contribution in [2.24, 2.45) is 0 Å². The van der Waals surface area contributed by atoms with Gasteiger partial charge < -0.3 is 15.7 Å². The zero-order valence-corrected chi connectivity index (χ0v) is 19.7. The highest BCUT2D eigenvalue weighted by atomic mass is 35.5. The Balaban J connectivity index is 2.36. The van der Waals surface area contributed by atoms with E-state index >= 15 is 0 Å². The molecular weight excluding hydrogens is 533 g/mol. The molecule has 188 valence electrons. The Morgan fingerprint density at radius 2 is 1.59 bits per heavy atom. The van der Waals surface area contributed by atoms with E-state index in [1.54, 1.807) is 6.92 Å². The van der Waals surface area contributed by atoms with Crippen molar-refractivity contribution in [1.29, 1.82) is 0 Å². The number of aliphatic hydroxyl groups is 1. The van der Waals surface area contributed by atoms with Crippen LogP contribution in [0, 0.1) is 0 Å². The van der Waals surface area contributed by atoms with Gasteiger partial charge >= 0.3 is 12.4 Å². The molecule has 0 fully saturated rings. The van der Waals surface area contributed by atoms with Gasteiger partial charge in [0, 0.05) is 18.7 Å². The molecule has 0 bridgehead atoms. The third kappa shape index (κ3) is 6.62. The number of amides is 1. The van der Waals surface area contributed by atoms with E-state index in [0.29, 0.717) is 12.5 Å². The average Bonchev–Trinajstić information content (AvgIpc) is 2.73. The standard InChI is InChI=1S/C21H19Cl3F6N2O2/c1-2-3-17(33)31-9-11-4-5-13(8-14(11)20(25,26)27)32-10-19(34,21(28,29)30)12-6-15(22)18(24)16(23)7-12/h4-8,32,34H,2-3,9-10H2,1H3,(H,31,33)/t19-/m1/s1. The predicted octanol–water partition coefficient (Wildman–Crippen LogP) is 6.94. The fraction of sp³-hybridized carbons (Fsp3) is 0.381. The first-order valence-corrected chi connectivity index (χ1v) is 10.9. The molecule has 0 aromatic heterocycles. The minimum Gasteiger partial charge on any atom is -0.381 e. The Morgan fingerprint density at radius 3 is 2.09 bits per heavy atom. The van der Waals surface area contributed by atoms with Gasteiger partial charge in [-0.1, -0.05) is 47.8 Å². The second-order valence-corrected chi connectivity index (χ2v) is 8.55. The monoisotopic (exact) mass is 550 g/mol.